The summed E-state index contributed by atoms with van der Waals surface area (Å²) in [5.41, 5.74) is 3.17. The Morgan fingerprint density at radius 3 is 2.31 bits per heavy atom. The van der Waals surface area contributed by atoms with Crippen molar-refractivity contribution in [3.63, 3.8) is 0 Å². The van der Waals surface area contributed by atoms with Crippen molar-refractivity contribution in [2.75, 3.05) is 18.5 Å². The second kappa shape index (κ2) is 8.28. The van der Waals surface area contributed by atoms with E-state index in [1.54, 1.807) is 13.8 Å². The Balaban J connectivity index is 1.80. The fraction of sp³-hybridized carbons (Fsp3) is 0.333. The van der Waals surface area contributed by atoms with Crippen LogP contribution >= 0.6 is 0 Å². The lowest BCUT2D eigenvalue weighted by Crippen LogP contribution is -2.35. The number of esters is 1. The first-order valence-corrected chi connectivity index (χ1v) is 8.02. The molecule has 2 N–H and O–H groups in total. The average molecular weight is 359 g/mol. The maximum Gasteiger partial charge on any atom is 0.344 e. The van der Waals surface area contributed by atoms with Crippen molar-refractivity contribution in [2.24, 2.45) is 0 Å². The van der Waals surface area contributed by atoms with Crippen molar-refractivity contribution in [2.45, 2.75) is 27.7 Å². The Kier molecular flexibility index (Phi) is 6.11. The summed E-state index contributed by atoms with van der Waals surface area (Å²) in [6.45, 7) is 6.22. The largest absolute Gasteiger partial charge is 0.452 e. The summed E-state index contributed by atoms with van der Waals surface area (Å²) in [4.78, 5) is 35.7. The predicted molar refractivity (Wildman–Crippen MR) is 93.8 cm³/mol. The van der Waals surface area contributed by atoms with Crippen molar-refractivity contribution in [3.8, 4) is 0 Å². The molecule has 0 spiro atoms. The normalized spacial score (nSPS) is 10.3. The van der Waals surface area contributed by atoms with Gasteiger partial charge in [0.2, 0.25) is 5.91 Å². The molecule has 0 fully saturated rings. The van der Waals surface area contributed by atoms with Crippen LogP contribution in [0.15, 0.2) is 22.7 Å². The Labute approximate surface area is 150 Å². The summed E-state index contributed by atoms with van der Waals surface area (Å²) < 4.78 is 9.79. The van der Waals surface area contributed by atoms with E-state index < -0.39 is 18.5 Å². The van der Waals surface area contributed by atoms with Gasteiger partial charge in [0.15, 0.2) is 6.61 Å². The SMILES string of the molecule is Cc1cccc(C)c1NC(=O)CNC(=O)COC(=O)c1c(C)noc1C. The van der Waals surface area contributed by atoms with Gasteiger partial charge in [-0.15, -0.1) is 0 Å². The number of para-hydroxylation sites is 1. The third kappa shape index (κ3) is 4.69. The van der Waals surface area contributed by atoms with Gasteiger partial charge in [0, 0.05) is 5.69 Å². The zero-order chi connectivity index (χ0) is 19.3. The number of nitrogens with one attached hydrogen (secondary N) is 2. The summed E-state index contributed by atoms with van der Waals surface area (Å²) in [7, 11) is 0. The summed E-state index contributed by atoms with van der Waals surface area (Å²) in [6, 6.07) is 5.67. The first-order chi connectivity index (χ1) is 12.3. The lowest BCUT2D eigenvalue weighted by molar-refractivity contribution is -0.126. The number of hydrogen-bond acceptors (Lipinski definition) is 6. The van der Waals surface area contributed by atoms with Gasteiger partial charge in [0.1, 0.15) is 11.3 Å². The summed E-state index contributed by atoms with van der Waals surface area (Å²) in [5, 5.41) is 8.81. The van der Waals surface area contributed by atoms with Crippen LogP contribution in [0.25, 0.3) is 0 Å². The molecule has 2 amide bonds. The molecule has 8 nitrogen and oxygen atoms in total. The van der Waals surface area contributed by atoms with Crippen LogP contribution < -0.4 is 10.6 Å². The number of benzene rings is 1. The zero-order valence-electron chi connectivity index (χ0n) is 15.1. The minimum Gasteiger partial charge on any atom is -0.452 e. The van der Waals surface area contributed by atoms with E-state index in [0.717, 1.165) is 16.8 Å². The predicted octanol–water partition coefficient (Wildman–Crippen LogP) is 1.82. The number of ether oxygens (including phenoxy) is 1. The van der Waals surface area contributed by atoms with Crippen molar-refractivity contribution in [1.29, 1.82) is 0 Å². The molecular weight excluding hydrogens is 338 g/mol. The van der Waals surface area contributed by atoms with Gasteiger partial charge < -0.3 is 19.9 Å². The maximum atomic E-state index is 12.0. The van der Waals surface area contributed by atoms with Gasteiger partial charge in [-0.1, -0.05) is 23.4 Å². The summed E-state index contributed by atoms with van der Waals surface area (Å²) in [5.74, 6) is -1.33. The highest BCUT2D eigenvalue weighted by Crippen LogP contribution is 2.19. The van der Waals surface area contributed by atoms with Crippen LogP contribution in [-0.4, -0.2) is 36.1 Å². The van der Waals surface area contributed by atoms with Gasteiger partial charge in [-0.2, -0.15) is 0 Å². The van der Waals surface area contributed by atoms with Crippen molar-refractivity contribution in [3.05, 3.63) is 46.3 Å². The van der Waals surface area contributed by atoms with Crippen LogP contribution in [0.4, 0.5) is 5.69 Å². The molecule has 1 aromatic heterocycles. The highest BCUT2D eigenvalue weighted by atomic mass is 16.5. The van der Waals surface area contributed by atoms with E-state index in [0.29, 0.717) is 11.5 Å². The molecule has 26 heavy (non-hydrogen) atoms. The molecule has 138 valence electrons. The molecule has 0 aliphatic rings. The molecule has 0 bridgehead atoms. The highest BCUT2D eigenvalue weighted by Gasteiger charge is 2.20. The first-order valence-electron chi connectivity index (χ1n) is 8.02. The lowest BCUT2D eigenvalue weighted by Gasteiger charge is -2.12. The number of aryl methyl sites for hydroxylation is 4. The molecule has 0 unspecified atom stereocenters. The molecule has 2 rings (SSSR count). The number of anilines is 1. The Hall–Kier alpha value is -3.16. The number of nitrogens with zero attached hydrogens (tertiary/aromatic N) is 1. The van der Waals surface area contributed by atoms with Crippen molar-refractivity contribution < 1.29 is 23.6 Å². The maximum absolute atomic E-state index is 12.0. The molecule has 0 saturated heterocycles. The monoisotopic (exact) mass is 359 g/mol. The third-order valence-corrected chi connectivity index (χ3v) is 3.76. The van der Waals surface area contributed by atoms with Gasteiger partial charge in [-0.05, 0) is 38.8 Å². The lowest BCUT2D eigenvalue weighted by atomic mass is 10.1. The van der Waals surface area contributed by atoms with Crippen molar-refractivity contribution in [1.82, 2.24) is 10.5 Å². The summed E-state index contributed by atoms with van der Waals surface area (Å²) >= 11 is 0. The molecule has 0 atom stereocenters. The summed E-state index contributed by atoms with van der Waals surface area (Å²) in [6.07, 6.45) is 0. The molecular formula is C18H21N3O5. The van der Waals surface area contributed by atoms with E-state index in [1.165, 1.54) is 0 Å². The third-order valence-electron chi connectivity index (χ3n) is 3.76. The number of rotatable bonds is 6. The molecule has 1 heterocycles. The van der Waals surface area contributed by atoms with Crippen molar-refractivity contribution >= 4 is 23.5 Å². The molecule has 0 aliphatic heterocycles. The number of amides is 2. The topological polar surface area (TPSA) is 111 Å². The van der Waals surface area contributed by atoms with E-state index in [-0.39, 0.29) is 18.0 Å². The van der Waals surface area contributed by atoms with Crippen LogP contribution in [0.2, 0.25) is 0 Å². The van der Waals surface area contributed by atoms with E-state index in [9.17, 15) is 14.4 Å². The fourth-order valence-electron chi connectivity index (χ4n) is 2.40. The zero-order valence-corrected chi connectivity index (χ0v) is 15.1. The van der Waals surface area contributed by atoms with E-state index in [1.807, 2.05) is 32.0 Å². The minimum atomic E-state index is -0.698. The van der Waals surface area contributed by atoms with Crippen LogP contribution in [0.5, 0.6) is 0 Å². The Morgan fingerprint density at radius 2 is 1.73 bits per heavy atom. The molecule has 0 aliphatic carbocycles. The molecule has 0 radical (unpaired) electrons. The van der Waals surface area contributed by atoms with E-state index in [2.05, 4.69) is 15.8 Å². The number of carbonyl (C=O) groups excluding carboxylic acids is 3. The van der Waals surface area contributed by atoms with E-state index >= 15 is 0 Å². The highest BCUT2D eigenvalue weighted by molar-refractivity contribution is 5.96. The smallest absolute Gasteiger partial charge is 0.344 e. The van der Waals surface area contributed by atoms with E-state index in [4.69, 9.17) is 9.26 Å². The molecule has 0 saturated carbocycles. The number of aromatic nitrogens is 1. The molecule has 2 aromatic rings. The first kappa shape index (κ1) is 19.2. The standard InChI is InChI=1S/C18H21N3O5/c1-10-6-5-7-11(2)17(10)20-14(22)8-19-15(23)9-25-18(24)16-12(3)21-26-13(16)4/h5-7H,8-9H2,1-4H3,(H,19,23)(H,20,22). The second-order valence-electron chi connectivity index (χ2n) is 5.87. The molecule has 8 heteroatoms. The molecule has 1 aromatic carbocycles. The van der Waals surface area contributed by atoms with Gasteiger partial charge in [0.05, 0.1) is 12.2 Å². The van der Waals surface area contributed by atoms with Crippen LogP contribution in [0.1, 0.15) is 32.9 Å². The van der Waals surface area contributed by atoms with Crippen LogP contribution in [0.3, 0.4) is 0 Å². The quantitative estimate of drug-likeness (QED) is 0.761. The minimum absolute atomic E-state index is 0.200. The number of hydrogen-bond donors (Lipinski definition) is 2. The average Bonchev–Trinajstić information content (AvgIpc) is 2.93. The Morgan fingerprint density at radius 1 is 1.08 bits per heavy atom. The van der Waals surface area contributed by atoms with Crippen LogP contribution in [0, 0.1) is 27.7 Å². The number of carbonyl (C=O) groups is 3. The second-order valence-corrected chi connectivity index (χ2v) is 5.87. The fourth-order valence-corrected chi connectivity index (χ4v) is 2.40. The Bertz CT molecular complexity index is 802. The van der Waals surface area contributed by atoms with Gasteiger partial charge in [-0.25, -0.2) is 4.79 Å². The van der Waals surface area contributed by atoms with Crippen LogP contribution in [-0.2, 0) is 14.3 Å². The van der Waals surface area contributed by atoms with Gasteiger partial charge >= 0.3 is 5.97 Å². The van der Waals surface area contributed by atoms with Gasteiger partial charge in [0.25, 0.3) is 5.91 Å². The van der Waals surface area contributed by atoms with Gasteiger partial charge in [-0.3, -0.25) is 9.59 Å².